The molecular weight excluding hydrogens is 278 g/mol. The summed E-state index contributed by atoms with van der Waals surface area (Å²) in [6.07, 6.45) is 4.68. The van der Waals surface area contributed by atoms with Crippen LogP contribution in [0.2, 0.25) is 0 Å². The molecule has 1 aliphatic carbocycles. The van der Waals surface area contributed by atoms with Crippen LogP contribution < -0.4 is 10.6 Å². The molecule has 1 aromatic heterocycles. The van der Waals surface area contributed by atoms with Gasteiger partial charge in [-0.15, -0.1) is 0 Å². The Morgan fingerprint density at radius 1 is 1.33 bits per heavy atom. The van der Waals surface area contributed by atoms with Crippen molar-refractivity contribution in [2.75, 3.05) is 11.4 Å². The van der Waals surface area contributed by atoms with Crippen LogP contribution in [0, 0.1) is 11.8 Å². The number of anilines is 1. The van der Waals surface area contributed by atoms with Crippen molar-refractivity contribution in [1.29, 1.82) is 0 Å². The highest BCUT2D eigenvalue weighted by Crippen LogP contribution is 2.34. The second kappa shape index (κ2) is 5.56. The largest absolute Gasteiger partial charge is 0.389 e. The smallest absolute Gasteiger partial charge is 0.139 e. The lowest BCUT2D eigenvalue weighted by atomic mass is 9.85. The van der Waals surface area contributed by atoms with Gasteiger partial charge in [0.25, 0.3) is 0 Å². The molecule has 1 aromatic rings. The molecule has 0 radical (unpaired) electrons. The van der Waals surface area contributed by atoms with Crippen molar-refractivity contribution in [2.24, 2.45) is 17.6 Å². The van der Waals surface area contributed by atoms with Gasteiger partial charge in [0.2, 0.25) is 0 Å². The fourth-order valence-electron chi connectivity index (χ4n) is 3.86. The number of nitrogens with zero attached hydrogens (tertiary/aromatic N) is 2. The van der Waals surface area contributed by atoms with Crippen LogP contribution in [-0.2, 0) is 12.8 Å². The van der Waals surface area contributed by atoms with Crippen molar-refractivity contribution < 1.29 is 0 Å². The molecule has 1 fully saturated rings. The molecule has 2 aliphatic rings. The maximum absolute atomic E-state index is 5.99. The molecule has 0 aromatic carbocycles. The van der Waals surface area contributed by atoms with Crippen LogP contribution in [0.25, 0.3) is 0 Å². The third-order valence-corrected chi connectivity index (χ3v) is 5.39. The summed E-state index contributed by atoms with van der Waals surface area (Å²) in [7, 11) is 0. The van der Waals surface area contributed by atoms with E-state index in [1.54, 1.807) is 0 Å². The van der Waals surface area contributed by atoms with E-state index in [9.17, 15) is 0 Å². The third-order valence-electron chi connectivity index (χ3n) is 5.17. The molecule has 1 aliphatic heterocycles. The minimum atomic E-state index is 0.477. The van der Waals surface area contributed by atoms with Gasteiger partial charge in [-0.25, -0.2) is 4.98 Å². The van der Waals surface area contributed by atoms with Crippen molar-refractivity contribution in [3.8, 4) is 0 Å². The first kappa shape index (κ1) is 14.8. The van der Waals surface area contributed by atoms with Gasteiger partial charge in [-0.2, -0.15) is 0 Å². The van der Waals surface area contributed by atoms with Gasteiger partial charge in [-0.05, 0) is 56.1 Å². The molecule has 3 rings (SSSR count). The average Bonchev–Trinajstić information content (AvgIpc) is 2.88. The Morgan fingerprint density at radius 2 is 2.10 bits per heavy atom. The van der Waals surface area contributed by atoms with Gasteiger partial charge in [-0.3, -0.25) is 0 Å². The van der Waals surface area contributed by atoms with Crippen LogP contribution in [0.15, 0.2) is 6.07 Å². The quantitative estimate of drug-likeness (QED) is 0.853. The number of nitrogens with two attached hydrogens (primary N) is 1. The molecular formula is C17H25N3S. The van der Waals surface area contributed by atoms with Gasteiger partial charge in [-0.1, -0.05) is 26.1 Å². The van der Waals surface area contributed by atoms with Crippen molar-refractivity contribution in [1.82, 2.24) is 4.98 Å². The molecule has 1 saturated heterocycles. The molecule has 21 heavy (non-hydrogen) atoms. The number of piperidine rings is 1. The van der Waals surface area contributed by atoms with Crippen LogP contribution in [-0.4, -0.2) is 22.6 Å². The SMILES string of the molecule is CC1CC(C)C(C)N(c2nc3c(cc2C(N)=S)CCC3)C1. The summed E-state index contributed by atoms with van der Waals surface area (Å²) in [5, 5.41) is 0. The summed E-state index contributed by atoms with van der Waals surface area (Å²) in [6, 6.07) is 2.69. The first-order valence-corrected chi connectivity index (χ1v) is 8.47. The number of rotatable bonds is 2. The Kier molecular flexibility index (Phi) is 3.91. The average molecular weight is 303 g/mol. The second-order valence-corrected chi connectivity index (χ2v) is 7.33. The summed E-state index contributed by atoms with van der Waals surface area (Å²) in [4.78, 5) is 7.89. The van der Waals surface area contributed by atoms with Crippen LogP contribution in [0.1, 0.15) is 50.4 Å². The number of thiocarbonyl (C=S) groups is 1. The van der Waals surface area contributed by atoms with E-state index in [-0.39, 0.29) is 0 Å². The molecule has 3 unspecified atom stereocenters. The van der Waals surface area contributed by atoms with E-state index < -0.39 is 0 Å². The molecule has 3 nitrogen and oxygen atoms in total. The van der Waals surface area contributed by atoms with Gasteiger partial charge in [0, 0.05) is 18.3 Å². The third kappa shape index (κ3) is 2.66. The Hall–Kier alpha value is -1.16. The van der Waals surface area contributed by atoms with Gasteiger partial charge < -0.3 is 10.6 Å². The predicted octanol–water partition coefficient (Wildman–Crippen LogP) is 3.08. The van der Waals surface area contributed by atoms with Crippen LogP contribution in [0.4, 0.5) is 5.82 Å². The van der Waals surface area contributed by atoms with Crippen molar-refractivity contribution >= 4 is 23.0 Å². The van der Waals surface area contributed by atoms with Crippen LogP contribution in [0.5, 0.6) is 0 Å². The number of aromatic nitrogens is 1. The Morgan fingerprint density at radius 3 is 2.81 bits per heavy atom. The highest BCUT2D eigenvalue weighted by Gasteiger charge is 2.32. The zero-order valence-corrected chi connectivity index (χ0v) is 14.0. The summed E-state index contributed by atoms with van der Waals surface area (Å²) in [5.41, 5.74) is 9.56. The molecule has 2 N–H and O–H groups in total. The normalized spacial score (nSPS) is 28.5. The first-order valence-electron chi connectivity index (χ1n) is 8.06. The molecule has 2 heterocycles. The Labute approximate surface area is 132 Å². The summed E-state index contributed by atoms with van der Waals surface area (Å²) in [6.45, 7) is 8.01. The van der Waals surface area contributed by atoms with E-state index in [0.717, 1.165) is 30.8 Å². The van der Waals surface area contributed by atoms with E-state index >= 15 is 0 Å². The number of fused-ring (bicyclic) bond motifs is 1. The Bertz CT molecular complexity index is 569. The van der Waals surface area contributed by atoms with Crippen LogP contribution in [0.3, 0.4) is 0 Å². The highest BCUT2D eigenvalue weighted by molar-refractivity contribution is 7.80. The van der Waals surface area contributed by atoms with Crippen molar-refractivity contribution in [3.63, 3.8) is 0 Å². The first-order chi connectivity index (χ1) is 9.97. The van der Waals surface area contributed by atoms with Crippen molar-refractivity contribution in [3.05, 3.63) is 22.9 Å². The van der Waals surface area contributed by atoms with E-state index in [2.05, 4.69) is 31.7 Å². The van der Waals surface area contributed by atoms with E-state index in [4.69, 9.17) is 22.9 Å². The molecule has 0 spiro atoms. The van der Waals surface area contributed by atoms with Crippen LogP contribution >= 0.6 is 12.2 Å². The molecule has 0 saturated carbocycles. The topological polar surface area (TPSA) is 42.2 Å². The van der Waals surface area contributed by atoms with Gasteiger partial charge in [0.1, 0.15) is 10.8 Å². The maximum Gasteiger partial charge on any atom is 0.139 e. The maximum atomic E-state index is 5.99. The number of hydrogen-bond acceptors (Lipinski definition) is 3. The lowest BCUT2D eigenvalue weighted by Gasteiger charge is -2.42. The summed E-state index contributed by atoms with van der Waals surface area (Å²) < 4.78 is 0. The number of aryl methyl sites for hydroxylation is 2. The van der Waals surface area contributed by atoms with Gasteiger partial charge in [0.05, 0.1) is 5.56 Å². The van der Waals surface area contributed by atoms with E-state index in [0.29, 0.717) is 22.9 Å². The highest BCUT2D eigenvalue weighted by atomic mass is 32.1. The minimum absolute atomic E-state index is 0.477. The second-order valence-electron chi connectivity index (χ2n) is 6.89. The number of hydrogen-bond donors (Lipinski definition) is 1. The van der Waals surface area contributed by atoms with Gasteiger partial charge in [0.15, 0.2) is 0 Å². The van der Waals surface area contributed by atoms with E-state index in [1.807, 2.05) is 0 Å². The lowest BCUT2D eigenvalue weighted by Crippen LogP contribution is -2.47. The molecule has 3 atom stereocenters. The molecule has 0 amide bonds. The fourth-order valence-corrected chi connectivity index (χ4v) is 4.01. The standard InChI is InChI=1S/C17H25N3S/c1-10-7-11(2)12(3)20(9-10)17-14(16(18)21)8-13-5-4-6-15(13)19-17/h8,10-12H,4-7,9H2,1-3H3,(H2,18,21). The van der Waals surface area contributed by atoms with Crippen molar-refractivity contribution in [2.45, 2.75) is 52.5 Å². The fraction of sp³-hybridized carbons (Fsp3) is 0.647. The Balaban J connectivity index is 2.06. The molecule has 114 valence electrons. The zero-order valence-electron chi connectivity index (χ0n) is 13.2. The minimum Gasteiger partial charge on any atom is -0.389 e. The van der Waals surface area contributed by atoms with Gasteiger partial charge >= 0.3 is 0 Å². The van der Waals surface area contributed by atoms with E-state index in [1.165, 1.54) is 24.1 Å². The number of pyridine rings is 1. The molecule has 0 bridgehead atoms. The zero-order chi connectivity index (χ0) is 15.1. The molecule has 4 heteroatoms. The summed E-state index contributed by atoms with van der Waals surface area (Å²) in [5.74, 6) is 2.38. The lowest BCUT2D eigenvalue weighted by molar-refractivity contribution is 0.295. The monoisotopic (exact) mass is 303 g/mol. The summed E-state index contributed by atoms with van der Waals surface area (Å²) >= 11 is 5.30. The predicted molar refractivity (Wildman–Crippen MR) is 91.9 cm³/mol.